The van der Waals surface area contributed by atoms with E-state index in [4.69, 9.17) is 27.9 Å². The Morgan fingerprint density at radius 1 is 1.11 bits per heavy atom. The minimum Gasteiger partial charge on any atom is -0.468 e. The van der Waals surface area contributed by atoms with Gasteiger partial charge in [0, 0.05) is 17.1 Å². The number of carbonyl (C=O) groups excluding carboxylic acids is 1. The summed E-state index contributed by atoms with van der Waals surface area (Å²) in [6.45, 7) is -0.182. The minimum atomic E-state index is -3.81. The Morgan fingerprint density at radius 2 is 1.94 bits per heavy atom. The van der Waals surface area contributed by atoms with Gasteiger partial charge in [-0.1, -0.05) is 36.4 Å². The van der Waals surface area contributed by atoms with Crippen molar-refractivity contribution in [2.24, 2.45) is 0 Å². The van der Waals surface area contributed by atoms with Gasteiger partial charge in [0.25, 0.3) is 10.1 Å². The number of ether oxygens (including phenoxy) is 5. The molecule has 1 spiro atoms. The second kappa shape index (κ2) is 8.22. The van der Waals surface area contributed by atoms with Crippen LogP contribution in [0.4, 0.5) is 0 Å². The van der Waals surface area contributed by atoms with Gasteiger partial charge in [0.1, 0.15) is 5.76 Å². The first-order valence-corrected chi connectivity index (χ1v) is 13.0. The molecule has 0 N–H and O–H groups in total. The molecule has 0 amide bonds. The molecule has 10 heteroatoms. The van der Waals surface area contributed by atoms with Gasteiger partial charge in [-0.3, -0.25) is 4.18 Å². The first-order chi connectivity index (χ1) is 17.3. The van der Waals surface area contributed by atoms with Crippen molar-refractivity contribution in [3.63, 3.8) is 0 Å². The van der Waals surface area contributed by atoms with Gasteiger partial charge in [-0.05, 0) is 34.9 Å². The second-order valence-corrected chi connectivity index (χ2v) is 10.3. The molecule has 2 aromatic rings. The van der Waals surface area contributed by atoms with E-state index >= 15 is 0 Å². The van der Waals surface area contributed by atoms with Gasteiger partial charge in [-0.25, -0.2) is 4.79 Å². The summed E-state index contributed by atoms with van der Waals surface area (Å²) >= 11 is 0. The number of esters is 1. The van der Waals surface area contributed by atoms with E-state index in [0.29, 0.717) is 28.4 Å². The molecule has 2 heterocycles. The van der Waals surface area contributed by atoms with E-state index < -0.39 is 27.6 Å². The van der Waals surface area contributed by atoms with Gasteiger partial charge in [-0.2, -0.15) is 8.42 Å². The van der Waals surface area contributed by atoms with E-state index in [2.05, 4.69) is 0 Å². The molecule has 1 fully saturated rings. The number of allylic oxidation sites excluding steroid dienone is 2. The summed E-state index contributed by atoms with van der Waals surface area (Å²) in [5.41, 5.74) is 2.55. The molecule has 4 aliphatic rings. The molecule has 2 atom stereocenters. The lowest BCUT2D eigenvalue weighted by molar-refractivity contribution is -0.136. The molecule has 0 saturated carbocycles. The third kappa shape index (κ3) is 3.36. The highest BCUT2D eigenvalue weighted by Gasteiger charge is 2.55. The number of methoxy groups -OCH3 is 1. The predicted molar refractivity (Wildman–Crippen MR) is 127 cm³/mol. The van der Waals surface area contributed by atoms with E-state index in [1.165, 1.54) is 7.11 Å². The van der Waals surface area contributed by atoms with Crippen molar-refractivity contribution in [3.05, 3.63) is 82.7 Å². The second-order valence-electron chi connectivity index (χ2n) is 8.67. The smallest absolute Gasteiger partial charge is 0.334 e. The number of rotatable bonds is 5. The lowest BCUT2D eigenvalue weighted by Gasteiger charge is -2.41. The van der Waals surface area contributed by atoms with Crippen LogP contribution in [0.2, 0.25) is 0 Å². The highest BCUT2D eigenvalue weighted by Crippen LogP contribution is 2.57. The summed E-state index contributed by atoms with van der Waals surface area (Å²) in [5.74, 6) is 0.366. The van der Waals surface area contributed by atoms with Gasteiger partial charge in [0.15, 0.2) is 23.9 Å². The molecule has 0 radical (unpaired) electrons. The number of carbonyl (C=O) groups is 1. The third-order valence-electron chi connectivity index (χ3n) is 6.74. The molecule has 1 saturated heterocycles. The monoisotopic (exact) mass is 510 g/mol. The van der Waals surface area contributed by atoms with Gasteiger partial charge < -0.3 is 23.7 Å². The van der Waals surface area contributed by atoms with E-state index in [9.17, 15) is 13.2 Å². The van der Waals surface area contributed by atoms with Crippen LogP contribution in [0.5, 0.6) is 11.5 Å². The van der Waals surface area contributed by atoms with Gasteiger partial charge in [0.2, 0.25) is 6.79 Å². The summed E-state index contributed by atoms with van der Waals surface area (Å²) < 4.78 is 57.6. The minimum absolute atomic E-state index is 0.0103. The van der Waals surface area contributed by atoms with Gasteiger partial charge >= 0.3 is 5.97 Å². The normalized spacial score (nSPS) is 23.4. The Hall–Kier alpha value is -3.60. The number of fused-ring (bicyclic) bond motifs is 2. The molecular formula is C26H22O9S. The first-order valence-electron chi connectivity index (χ1n) is 11.2. The van der Waals surface area contributed by atoms with Crippen LogP contribution < -0.4 is 9.47 Å². The van der Waals surface area contributed by atoms with Crippen LogP contribution in [-0.2, 0) is 38.9 Å². The maximum Gasteiger partial charge on any atom is 0.334 e. The highest BCUT2D eigenvalue weighted by molar-refractivity contribution is 7.85. The van der Waals surface area contributed by atoms with Crippen LogP contribution in [-0.4, -0.2) is 47.9 Å². The molecule has 186 valence electrons. The zero-order valence-corrected chi connectivity index (χ0v) is 20.3. The number of benzene rings is 2. The fourth-order valence-electron chi connectivity index (χ4n) is 5.33. The molecule has 6 rings (SSSR count). The SMILES string of the molecule is COC(=O)C1=C2C=CC=C3OCOC32c2cccc(-c3ccc4c(c3)OCO4)c2C1COS(C)(=O)=O. The largest absolute Gasteiger partial charge is 0.468 e. The van der Waals surface area contributed by atoms with Gasteiger partial charge in [0.05, 0.1) is 25.5 Å². The van der Waals surface area contributed by atoms with Crippen molar-refractivity contribution >= 4 is 16.1 Å². The lowest BCUT2D eigenvalue weighted by Crippen LogP contribution is -2.40. The summed E-state index contributed by atoms with van der Waals surface area (Å²) in [6, 6.07) is 11.2. The highest BCUT2D eigenvalue weighted by atomic mass is 32.2. The average Bonchev–Trinajstić information content (AvgIpc) is 3.52. The van der Waals surface area contributed by atoms with Crippen LogP contribution in [0.25, 0.3) is 11.1 Å². The Kier molecular flexibility index (Phi) is 5.22. The van der Waals surface area contributed by atoms with E-state index in [1.54, 1.807) is 18.2 Å². The van der Waals surface area contributed by atoms with Crippen molar-refractivity contribution in [1.82, 2.24) is 0 Å². The fraction of sp³-hybridized carbons (Fsp3) is 0.269. The van der Waals surface area contributed by atoms with Crippen molar-refractivity contribution < 1.29 is 41.1 Å². The predicted octanol–water partition coefficient (Wildman–Crippen LogP) is 3.28. The topological polar surface area (TPSA) is 107 Å². The quantitative estimate of drug-likeness (QED) is 0.442. The Balaban J connectivity index is 1.65. The zero-order valence-electron chi connectivity index (χ0n) is 19.5. The third-order valence-corrected chi connectivity index (χ3v) is 7.30. The van der Waals surface area contributed by atoms with E-state index in [0.717, 1.165) is 22.9 Å². The molecule has 2 aliphatic carbocycles. The fourth-order valence-corrected chi connectivity index (χ4v) is 5.71. The summed E-state index contributed by atoms with van der Waals surface area (Å²) in [6.07, 6.45) is 6.31. The van der Waals surface area contributed by atoms with Crippen molar-refractivity contribution in [3.8, 4) is 22.6 Å². The van der Waals surface area contributed by atoms with E-state index in [-0.39, 0.29) is 25.8 Å². The molecule has 2 unspecified atom stereocenters. The molecule has 9 nitrogen and oxygen atoms in total. The van der Waals surface area contributed by atoms with Crippen molar-refractivity contribution in [2.45, 2.75) is 11.5 Å². The van der Waals surface area contributed by atoms with Crippen LogP contribution in [0.15, 0.2) is 71.5 Å². The zero-order chi connectivity index (χ0) is 25.1. The summed E-state index contributed by atoms with van der Waals surface area (Å²) in [4.78, 5) is 13.3. The number of hydrogen-bond acceptors (Lipinski definition) is 9. The van der Waals surface area contributed by atoms with Crippen LogP contribution in [0.3, 0.4) is 0 Å². The molecule has 0 aromatic heterocycles. The van der Waals surface area contributed by atoms with Crippen LogP contribution in [0, 0.1) is 0 Å². The number of hydrogen-bond donors (Lipinski definition) is 0. The lowest BCUT2D eigenvalue weighted by atomic mass is 9.66. The molecule has 0 bridgehead atoms. The molecular weight excluding hydrogens is 488 g/mol. The maximum atomic E-state index is 13.3. The van der Waals surface area contributed by atoms with Gasteiger partial charge in [-0.15, -0.1) is 0 Å². The Labute approximate surface area is 207 Å². The van der Waals surface area contributed by atoms with Crippen molar-refractivity contribution in [1.29, 1.82) is 0 Å². The Bertz CT molecular complexity index is 1480. The van der Waals surface area contributed by atoms with Crippen molar-refractivity contribution in [2.75, 3.05) is 33.6 Å². The van der Waals surface area contributed by atoms with Crippen LogP contribution in [0.1, 0.15) is 17.0 Å². The first kappa shape index (κ1) is 22.8. The molecule has 2 aromatic carbocycles. The average molecular weight is 511 g/mol. The molecule has 2 aliphatic heterocycles. The maximum absolute atomic E-state index is 13.3. The summed E-state index contributed by atoms with van der Waals surface area (Å²) in [5, 5.41) is 0. The standard InChI is InChI=1S/C26H22O9S/c1-30-25(27)24-17(12-35-36(2,28)29)23-16(15-9-10-20-21(11-15)32-13-31-20)5-3-6-18(23)26-19(24)7-4-8-22(26)33-14-34-26/h3-11,17H,12-14H2,1-2H3. The van der Waals surface area contributed by atoms with E-state index in [1.807, 2.05) is 36.4 Å². The molecule has 36 heavy (non-hydrogen) atoms. The Morgan fingerprint density at radius 3 is 2.75 bits per heavy atom. The summed E-state index contributed by atoms with van der Waals surface area (Å²) in [7, 11) is -2.53. The van der Waals surface area contributed by atoms with Crippen LogP contribution >= 0.6 is 0 Å².